The molecule has 0 heterocycles. The first kappa shape index (κ1) is 21.5. The van der Waals surface area contributed by atoms with E-state index in [9.17, 15) is 19.5 Å². The molecular formula is C26H28N2O5. The number of alkyl carbamates (subject to hydrolysis) is 1. The van der Waals surface area contributed by atoms with Gasteiger partial charge in [-0.3, -0.25) is 9.59 Å². The van der Waals surface area contributed by atoms with Gasteiger partial charge in [-0.15, -0.1) is 0 Å². The average Bonchev–Trinajstić information content (AvgIpc) is 3.31. The van der Waals surface area contributed by atoms with Gasteiger partial charge in [0.15, 0.2) is 0 Å². The maximum atomic E-state index is 12.6. The van der Waals surface area contributed by atoms with E-state index in [0.717, 1.165) is 28.7 Å². The highest BCUT2D eigenvalue weighted by Crippen LogP contribution is 2.49. The third kappa shape index (κ3) is 3.96. The fourth-order valence-electron chi connectivity index (χ4n) is 5.78. The van der Waals surface area contributed by atoms with Crippen molar-refractivity contribution in [2.24, 2.45) is 17.8 Å². The predicted octanol–water partition coefficient (Wildman–Crippen LogP) is 3.53. The van der Waals surface area contributed by atoms with Crippen LogP contribution >= 0.6 is 0 Å². The average molecular weight is 449 g/mol. The van der Waals surface area contributed by atoms with Gasteiger partial charge < -0.3 is 20.5 Å². The molecule has 3 aliphatic rings. The van der Waals surface area contributed by atoms with E-state index in [1.807, 2.05) is 24.3 Å². The van der Waals surface area contributed by atoms with Crippen molar-refractivity contribution in [1.82, 2.24) is 10.6 Å². The Morgan fingerprint density at radius 2 is 1.64 bits per heavy atom. The van der Waals surface area contributed by atoms with Gasteiger partial charge in [0.25, 0.3) is 0 Å². The lowest BCUT2D eigenvalue weighted by Gasteiger charge is -2.41. The number of carbonyl (C=O) groups excluding carboxylic acids is 2. The molecule has 2 fully saturated rings. The van der Waals surface area contributed by atoms with Gasteiger partial charge in [-0.2, -0.15) is 0 Å². The molecular weight excluding hydrogens is 420 g/mol. The van der Waals surface area contributed by atoms with Gasteiger partial charge in [-0.05, 0) is 60.3 Å². The van der Waals surface area contributed by atoms with Crippen LogP contribution in [0.3, 0.4) is 0 Å². The molecule has 5 rings (SSSR count). The summed E-state index contributed by atoms with van der Waals surface area (Å²) in [5, 5.41) is 14.8. The third-order valence-corrected chi connectivity index (χ3v) is 7.57. The molecule has 33 heavy (non-hydrogen) atoms. The predicted molar refractivity (Wildman–Crippen MR) is 122 cm³/mol. The number of ether oxygens (including phenoxy) is 1. The Labute approximate surface area is 192 Å². The first-order valence-corrected chi connectivity index (χ1v) is 11.6. The second kappa shape index (κ2) is 8.54. The van der Waals surface area contributed by atoms with Crippen LogP contribution in [-0.4, -0.2) is 41.8 Å². The zero-order chi connectivity index (χ0) is 23.1. The van der Waals surface area contributed by atoms with Crippen molar-refractivity contribution >= 4 is 18.0 Å². The second-order valence-electron chi connectivity index (χ2n) is 9.47. The van der Waals surface area contributed by atoms with Crippen molar-refractivity contribution in [1.29, 1.82) is 0 Å². The van der Waals surface area contributed by atoms with Gasteiger partial charge in [-0.25, -0.2) is 4.79 Å². The molecule has 0 saturated heterocycles. The van der Waals surface area contributed by atoms with E-state index < -0.39 is 18.1 Å². The lowest BCUT2D eigenvalue weighted by Crippen LogP contribution is -2.55. The minimum absolute atomic E-state index is 0.0152. The van der Waals surface area contributed by atoms with E-state index in [0.29, 0.717) is 18.8 Å². The van der Waals surface area contributed by atoms with E-state index in [2.05, 4.69) is 34.9 Å². The highest BCUT2D eigenvalue weighted by molar-refractivity contribution is 5.85. The molecule has 2 amide bonds. The largest absolute Gasteiger partial charge is 0.481 e. The minimum atomic E-state index is -0.750. The fraction of sp³-hybridized carbons (Fsp3) is 0.423. The molecule has 2 saturated carbocycles. The van der Waals surface area contributed by atoms with Crippen LogP contribution in [0.5, 0.6) is 0 Å². The van der Waals surface area contributed by atoms with Crippen LogP contribution in [0.15, 0.2) is 48.5 Å². The molecule has 3 N–H and O–H groups in total. The van der Waals surface area contributed by atoms with Crippen molar-refractivity contribution in [2.45, 2.75) is 44.2 Å². The van der Waals surface area contributed by atoms with Crippen LogP contribution in [0.25, 0.3) is 11.1 Å². The molecule has 2 aromatic carbocycles. The molecule has 1 unspecified atom stereocenters. The quantitative estimate of drug-likeness (QED) is 0.627. The van der Waals surface area contributed by atoms with Gasteiger partial charge in [0.2, 0.25) is 5.91 Å². The van der Waals surface area contributed by atoms with Crippen LogP contribution in [0.2, 0.25) is 0 Å². The molecule has 0 bridgehead atoms. The number of aliphatic carboxylic acids is 1. The van der Waals surface area contributed by atoms with E-state index in [-0.39, 0.29) is 36.3 Å². The van der Waals surface area contributed by atoms with Gasteiger partial charge in [0, 0.05) is 12.0 Å². The molecule has 0 spiro atoms. The standard InChI is InChI=1S/C26H28N2O5/c1-14(24(29)28-23-12-15-10-16(25(30)31)11-21(15)23)27-26(32)33-13-22-19-8-4-2-6-17(19)18-7-3-5-9-20(18)22/h2-9,14-16,21-23H,10-13H2,1H3,(H,27,32)(H,28,29)(H,30,31)/t14-,15-,16?,21-,23+/m1/s1. The normalized spacial score (nSPS) is 25.7. The number of carbonyl (C=O) groups is 3. The summed E-state index contributed by atoms with van der Waals surface area (Å²) < 4.78 is 5.52. The van der Waals surface area contributed by atoms with Crippen molar-refractivity contribution in [3.8, 4) is 11.1 Å². The molecule has 172 valence electrons. The minimum Gasteiger partial charge on any atom is -0.481 e. The number of amides is 2. The number of carboxylic acid groups (broad SMARTS) is 1. The molecule has 3 aliphatic carbocycles. The number of hydrogen-bond donors (Lipinski definition) is 3. The molecule has 2 aromatic rings. The van der Waals surface area contributed by atoms with Crippen LogP contribution in [0, 0.1) is 17.8 Å². The van der Waals surface area contributed by atoms with Crippen molar-refractivity contribution in [3.63, 3.8) is 0 Å². The monoisotopic (exact) mass is 448 g/mol. The van der Waals surface area contributed by atoms with Crippen LogP contribution in [0.4, 0.5) is 4.79 Å². The number of fused-ring (bicyclic) bond motifs is 4. The van der Waals surface area contributed by atoms with E-state index in [1.54, 1.807) is 6.92 Å². The Morgan fingerprint density at radius 1 is 1.00 bits per heavy atom. The summed E-state index contributed by atoms with van der Waals surface area (Å²) in [6.45, 7) is 1.82. The Kier molecular flexibility index (Phi) is 5.56. The Bertz CT molecular complexity index is 1050. The zero-order valence-electron chi connectivity index (χ0n) is 18.5. The molecule has 0 aromatic heterocycles. The summed E-state index contributed by atoms with van der Waals surface area (Å²) in [6, 6.07) is 15.5. The number of benzene rings is 2. The van der Waals surface area contributed by atoms with E-state index in [1.165, 1.54) is 0 Å². The Hall–Kier alpha value is -3.35. The molecule has 7 nitrogen and oxygen atoms in total. The molecule has 5 atom stereocenters. The molecule has 7 heteroatoms. The fourth-order valence-corrected chi connectivity index (χ4v) is 5.78. The highest BCUT2D eigenvalue weighted by atomic mass is 16.5. The maximum Gasteiger partial charge on any atom is 0.407 e. The van der Waals surface area contributed by atoms with Gasteiger partial charge >= 0.3 is 12.1 Å². The smallest absolute Gasteiger partial charge is 0.407 e. The van der Waals surface area contributed by atoms with E-state index >= 15 is 0 Å². The van der Waals surface area contributed by atoms with Gasteiger partial charge in [0.1, 0.15) is 12.6 Å². The number of rotatable bonds is 6. The van der Waals surface area contributed by atoms with Gasteiger partial charge in [-0.1, -0.05) is 48.5 Å². The summed E-state index contributed by atoms with van der Waals surface area (Å²) in [5.41, 5.74) is 4.58. The molecule has 0 aliphatic heterocycles. The van der Waals surface area contributed by atoms with Crippen molar-refractivity contribution in [2.75, 3.05) is 6.61 Å². The summed E-state index contributed by atoms with van der Waals surface area (Å²) in [6.07, 6.45) is 1.48. The number of carboxylic acids is 1. The van der Waals surface area contributed by atoms with Crippen LogP contribution in [-0.2, 0) is 14.3 Å². The number of hydrogen-bond acceptors (Lipinski definition) is 4. The Balaban J connectivity index is 1.13. The third-order valence-electron chi connectivity index (χ3n) is 7.57. The lowest BCUT2D eigenvalue weighted by molar-refractivity contribution is -0.141. The van der Waals surface area contributed by atoms with Crippen molar-refractivity contribution in [3.05, 3.63) is 59.7 Å². The maximum absolute atomic E-state index is 12.6. The topological polar surface area (TPSA) is 105 Å². The Morgan fingerprint density at radius 3 is 2.27 bits per heavy atom. The first-order valence-electron chi connectivity index (χ1n) is 11.6. The highest BCUT2D eigenvalue weighted by Gasteiger charge is 2.50. The number of nitrogens with one attached hydrogen (secondary N) is 2. The lowest BCUT2D eigenvalue weighted by atomic mass is 9.71. The van der Waals surface area contributed by atoms with Crippen molar-refractivity contribution < 1.29 is 24.2 Å². The second-order valence-corrected chi connectivity index (χ2v) is 9.47. The SMILES string of the molecule is C[C@@H](NC(=O)OCC1c2ccccc2-c2ccccc21)C(=O)N[C@H]1C[C@H]2CC(C(=O)O)C[C@H]21. The van der Waals surface area contributed by atoms with Gasteiger partial charge in [0.05, 0.1) is 5.92 Å². The summed E-state index contributed by atoms with van der Waals surface area (Å²) in [7, 11) is 0. The molecule has 0 radical (unpaired) electrons. The summed E-state index contributed by atoms with van der Waals surface area (Å²) >= 11 is 0. The summed E-state index contributed by atoms with van der Waals surface area (Å²) in [4.78, 5) is 36.2. The first-order chi connectivity index (χ1) is 15.9. The summed E-state index contributed by atoms with van der Waals surface area (Å²) in [5.74, 6) is -0.772. The van der Waals surface area contributed by atoms with E-state index in [4.69, 9.17) is 4.74 Å². The zero-order valence-corrected chi connectivity index (χ0v) is 18.5. The van der Waals surface area contributed by atoms with Crippen LogP contribution < -0.4 is 10.6 Å². The van der Waals surface area contributed by atoms with Crippen LogP contribution in [0.1, 0.15) is 43.2 Å².